The largest absolute Gasteiger partial charge is 0.435 e. The third kappa shape index (κ3) is 4.89. The third-order valence-corrected chi connectivity index (χ3v) is 4.72. The zero-order valence-electron chi connectivity index (χ0n) is 15.5. The molecule has 2 heterocycles. The highest BCUT2D eigenvalue weighted by molar-refractivity contribution is 7.14. The Labute approximate surface area is 164 Å². The van der Waals surface area contributed by atoms with Crippen LogP contribution in [0.2, 0.25) is 0 Å². The van der Waals surface area contributed by atoms with Crippen molar-refractivity contribution >= 4 is 22.4 Å². The summed E-state index contributed by atoms with van der Waals surface area (Å²) in [6, 6.07) is 6.17. The molecule has 0 aliphatic heterocycles. The normalized spacial score (nSPS) is 12.2. The van der Waals surface area contributed by atoms with Crippen molar-refractivity contribution in [3.63, 3.8) is 0 Å². The summed E-state index contributed by atoms with van der Waals surface area (Å²) in [6.45, 7) is 3.01. The van der Waals surface area contributed by atoms with Crippen molar-refractivity contribution in [2.24, 2.45) is 5.92 Å². The Kier molecular flexibility index (Phi) is 5.98. The average molecular weight is 407 g/mol. The van der Waals surface area contributed by atoms with Gasteiger partial charge in [0.1, 0.15) is 17.4 Å². The Hall–Kier alpha value is -2.88. The fourth-order valence-electron chi connectivity index (χ4n) is 2.58. The maximum atomic E-state index is 12.4. The molecule has 0 radical (unpaired) electrons. The minimum Gasteiger partial charge on any atom is -0.435 e. The standard InChI is InChI=1S/C18H19F2N5O2S/c1-10(8-25-12(3)21-11(2)24-25)16(26)23-18-22-15(9-28-18)13-4-6-14(7-5-13)27-17(19)20/h4-7,9-10,17H,8H2,1-3H3,(H,22,23,26). The molecular weight excluding hydrogens is 388 g/mol. The smallest absolute Gasteiger partial charge is 0.387 e. The molecular formula is C18H19F2N5O2S. The number of aryl methyl sites for hydroxylation is 2. The number of nitrogens with one attached hydrogen (secondary N) is 1. The molecule has 0 aliphatic rings. The second-order valence-corrected chi connectivity index (χ2v) is 7.08. The summed E-state index contributed by atoms with van der Waals surface area (Å²) >= 11 is 1.29. The molecule has 10 heteroatoms. The Morgan fingerprint density at radius 3 is 2.57 bits per heavy atom. The predicted molar refractivity (Wildman–Crippen MR) is 101 cm³/mol. The molecule has 0 fully saturated rings. The molecule has 28 heavy (non-hydrogen) atoms. The van der Waals surface area contributed by atoms with Crippen LogP contribution in [0.3, 0.4) is 0 Å². The molecule has 0 spiro atoms. The highest BCUT2D eigenvalue weighted by atomic mass is 32.1. The first-order valence-electron chi connectivity index (χ1n) is 8.51. The number of aromatic nitrogens is 4. The average Bonchev–Trinajstić information content (AvgIpc) is 3.21. The number of rotatable bonds is 7. The summed E-state index contributed by atoms with van der Waals surface area (Å²) in [5.74, 6) is 1.01. The molecule has 7 nitrogen and oxygen atoms in total. The van der Waals surface area contributed by atoms with Crippen LogP contribution in [0.5, 0.6) is 5.75 Å². The van der Waals surface area contributed by atoms with Crippen molar-refractivity contribution in [3.05, 3.63) is 41.3 Å². The Bertz CT molecular complexity index is 955. The van der Waals surface area contributed by atoms with Gasteiger partial charge in [-0.1, -0.05) is 6.92 Å². The molecule has 0 bridgehead atoms. The van der Waals surface area contributed by atoms with E-state index in [2.05, 4.69) is 25.1 Å². The zero-order valence-corrected chi connectivity index (χ0v) is 16.3. The van der Waals surface area contributed by atoms with Gasteiger partial charge < -0.3 is 10.1 Å². The van der Waals surface area contributed by atoms with Gasteiger partial charge in [0, 0.05) is 10.9 Å². The lowest BCUT2D eigenvalue weighted by molar-refractivity contribution is -0.119. The number of alkyl halides is 2. The van der Waals surface area contributed by atoms with E-state index in [1.807, 2.05) is 13.8 Å². The molecule has 1 atom stereocenters. The van der Waals surface area contributed by atoms with E-state index in [1.165, 1.54) is 23.5 Å². The van der Waals surface area contributed by atoms with E-state index in [9.17, 15) is 13.6 Å². The zero-order chi connectivity index (χ0) is 20.3. The van der Waals surface area contributed by atoms with Crippen molar-refractivity contribution in [1.82, 2.24) is 19.7 Å². The van der Waals surface area contributed by atoms with Crippen LogP contribution in [-0.4, -0.2) is 32.3 Å². The van der Waals surface area contributed by atoms with Crippen molar-refractivity contribution < 1.29 is 18.3 Å². The van der Waals surface area contributed by atoms with Gasteiger partial charge in [0.25, 0.3) is 0 Å². The molecule has 0 aliphatic carbocycles. The predicted octanol–water partition coefficient (Wildman–Crippen LogP) is 3.89. The van der Waals surface area contributed by atoms with E-state index >= 15 is 0 Å². The molecule has 2 aromatic heterocycles. The maximum Gasteiger partial charge on any atom is 0.387 e. The monoisotopic (exact) mass is 407 g/mol. The van der Waals surface area contributed by atoms with Gasteiger partial charge in [0.2, 0.25) is 5.91 Å². The fraction of sp³-hybridized carbons (Fsp3) is 0.333. The van der Waals surface area contributed by atoms with Crippen LogP contribution in [-0.2, 0) is 11.3 Å². The van der Waals surface area contributed by atoms with Gasteiger partial charge in [-0.3, -0.25) is 4.79 Å². The molecule has 148 valence electrons. The van der Waals surface area contributed by atoms with Crippen LogP contribution in [0.4, 0.5) is 13.9 Å². The van der Waals surface area contributed by atoms with Crippen LogP contribution >= 0.6 is 11.3 Å². The Morgan fingerprint density at radius 2 is 1.96 bits per heavy atom. The first-order valence-corrected chi connectivity index (χ1v) is 9.39. The summed E-state index contributed by atoms with van der Waals surface area (Å²) in [5.41, 5.74) is 1.37. The van der Waals surface area contributed by atoms with Gasteiger partial charge in [-0.2, -0.15) is 13.9 Å². The van der Waals surface area contributed by atoms with Gasteiger partial charge in [-0.25, -0.2) is 14.6 Å². The lowest BCUT2D eigenvalue weighted by Crippen LogP contribution is -2.25. The third-order valence-electron chi connectivity index (χ3n) is 3.97. The molecule has 1 amide bonds. The van der Waals surface area contributed by atoms with Crippen LogP contribution in [0, 0.1) is 19.8 Å². The summed E-state index contributed by atoms with van der Waals surface area (Å²) in [6.07, 6.45) is 0. The van der Waals surface area contributed by atoms with E-state index in [4.69, 9.17) is 0 Å². The number of carbonyl (C=O) groups excluding carboxylic acids is 1. The number of anilines is 1. The second-order valence-electron chi connectivity index (χ2n) is 6.22. The number of halogens is 2. The molecule has 1 N–H and O–H groups in total. The molecule has 3 rings (SSSR count). The van der Waals surface area contributed by atoms with Gasteiger partial charge in [0.15, 0.2) is 5.13 Å². The van der Waals surface area contributed by atoms with Gasteiger partial charge in [0.05, 0.1) is 18.2 Å². The lowest BCUT2D eigenvalue weighted by atomic mass is 10.1. The van der Waals surface area contributed by atoms with Gasteiger partial charge in [-0.05, 0) is 38.1 Å². The molecule has 1 unspecified atom stereocenters. The highest BCUT2D eigenvalue weighted by Crippen LogP contribution is 2.27. The van der Waals surface area contributed by atoms with Crippen LogP contribution < -0.4 is 10.1 Å². The Balaban J connectivity index is 1.62. The summed E-state index contributed by atoms with van der Waals surface area (Å²) in [4.78, 5) is 21.0. The Morgan fingerprint density at radius 1 is 1.25 bits per heavy atom. The topological polar surface area (TPSA) is 81.9 Å². The second kappa shape index (κ2) is 8.42. The number of nitrogens with zero attached hydrogens (tertiary/aromatic N) is 4. The maximum absolute atomic E-state index is 12.4. The number of hydrogen-bond acceptors (Lipinski definition) is 6. The molecule has 1 aromatic carbocycles. The minimum absolute atomic E-state index is 0.0787. The van der Waals surface area contributed by atoms with Gasteiger partial charge >= 0.3 is 6.61 Å². The highest BCUT2D eigenvalue weighted by Gasteiger charge is 2.17. The first-order chi connectivity index (χ1) is 13.3. The van der Waals surface area contributed by atoms with Crippen molar-refractivity contribution in [2.75, 3.05) is 5.32 Å². The number of carbonyl (C=O) groups is 1. The minimum atomic E-state index is -2.86. The summed E-state index contributed by atoms with van der Waals surface area (Å²) < 4.78 is 30.5. The molecule has 0 saturated heterocycles. The van der Waals surface area contributed by atoms with Crippen LogP contribution in [0.1, 0.15) is 18.6 Å². The fourth-order valence-corrected chi connectivity index (χ4v) is 3.30. The molecule has 0 saturated carbocycles. The molecule has 3 aromatic rings. The van der Waals surface area contributed by atoms with Crippen LogP contribution in [0.15, 0.2) is 29.6 Å². The van der Waals surface area contributed by atoms with E-state index < -0.39 is 6.61 Å². The summed E-state index contributed by atoms with van der Waals surface area (Å²) in [5, 5.41) is 9.31. The van der Waals surface area contributed by atoms with Crippen LogP contribution in [0.25, 0.3) is 11.3 Å². The quantitative estimate of drug-likeness (QED) is 0.642. The lowest BCUT2D eigenvalue weighted by Gasteiger charge is -2.11. The number of thiazole rings is 1. The van der Waals surface area contributed by atoms with Crippen molar-refractivity contribution in [1.29, 1.82) is 0 Å². The number of hydrogen-bond donors (Lipinski definition) is 1. The van der Waals surface area contributed by atoms with E-state index in [0.29, 0.717) is 23.2 Å². The number of benzene rings is 1. The van der Waals surface area contributed by atoms with E-state index in [0.717, 1.165) is 11.4 Å². The SMILES string of the molecule is Cc1nc(C)n(CC(C)C(=O)Nc2nc(-c3ccc(OC(F)F)cc3)cs2)n1. The first kappa shape index (κ1) is 19.9. The van der Waals surface area contributed by atoms with Gasteiger partial charge in [-0.15, -0.1) is 11.3 Å². The van der Waals surface area contributed by atoms with E-state index in [1.54, 1.807) is 29.1 Å². The number of amides is 1. The summed E-state index contributed by atoms with van der Waals surface area (Å²) in [7, 11) is 0. The van der Waals surface area contributed by atoms with Crippen molar-refractivity contribution in [2.45, 2.75) is 33.9 Å². The van der Waals surface area contributed by atoms with E-state index in [-0.39, 0.29) is 17.6 Å². The number of ether oxygens (including phenoxy) is 1. The van der Waals surface area contributed by atoms with Crippen molar-refractivity contribution in [3.8, 4) is 17.0 Å².